The van der Waals surface area contributed by atoms with Crippen LogP contribution >= 0.6 is 0 Å². The van der Waals surface area contributed by atoms with Crippen molar-refractivity contribution in [3.05, 3.63) is 61.7 Å². The molecule has 2 atom stereocenters. The van der Waals surface area contributed by atoms with Crippen LogP contribution in [0.1, 0.15) is 6.92 Å². The van der Waals surface area contributed by atoms with Gasteiger partial charge in [-0.2, -0.15) is 0 Å². The van der Waals surface area contributed by atoms with Crippen molar-refractivity contribution in [2.24, 2.45) is 0 Å². The van der Waals surface area contributed by atoms with Gasteiger partial charge in [-0.25, -0.2) is 0 Å². The molecular formula is C16H16F3IO5S-2. The second-order valence-corrected chi connectivity index (χ2v) is 13.9. The number of hydrogen-bond acceptors (Lipinski definition) is 5. The third-order valence-corrected chi connectivity index (χ3v) is 13.6. The summed E-state index contributed by atoms with van der Waals surface area (Å²) in [7, 11) is -4.82. The molecule has 0 fully saturated rings. The fourth-order valence-electron chi connectivity index (χ4n) is 2.03. The summed E-state index contributed by atoms with van der Waals surface area (Å²) < 4.78 is 82.3. The second-order valence-electron chi connectivity index (χ2n) is 5.07. The summed E-state index contributed by atoms with van der Waals surface area (Å²) >= 11 is -6.31. The van der Waals surface area contributed by atoms with Gasteiger partial charge in [-0.1, -0.05) is 0 Å². The van der Waals surface area contributed by atoms with Crippen molar-refractivity contribution in [1.29, 1.82) is 0 Å². The van der Waals surface area contributed by atoms with Crippen LogP contribution in [0, 0.1) is 7.14 Å². The Labute approximate surface area is 154 Å². The van der Waals surface area contributed by atoms with Gasteiger partial charge in [0.1, 0.15) is 0 Å². The van der Waals surface area contributed by atoms with E-state index in [9.17, 15) is 21.8 Å². The van der Waals surface area contributed by atoms with E-state index in [0.717, 1.165) is 24.3 Å². The first-order valence-corrected chi connectivity index (χ1v) is 12.6. The molecule has 0 bridgehead atoms. The Morgan fingerprint density at radius 1 is 1.04 bits per heavy atom. The molecule has 0 amide bonds. The predicted octanol–water partition coefficient (Wildman–Crippen LogP) is 0.238. The van der Waals surface area contributed by atoms with Crippen LogP contribution in [0.15, 0.2) is 54.6 Å². The minimum absolute atomic E-state index is 0.216. The Balaban J connectivity index is 2.59. The van der Waals surface area contributed by atoms with Crippen LogP contribution in [0.4, 0.5) is 11.6 Å². The summed E-state index contributed by atoms with van der Waals surface area (Å²) in [5.41, 5.74) is 0. The molecule has 0 spiro atoms. The summed E-state index contributed by atoms with van der Waals surface area (Å²) in [6, 6.07) is 10.7. The monoisotopic (exact) mass is 504 g/mol. The van der Waals surface area contributed by atoms with Gasteiger partial charge >= 0.3 is 154 Å². The van der Waals surface area contributed by atoms with Crippen molar-refractivity contribution in [3.8, 4) is 5.75 Å². The van der Waals surface area contributed by atoms with E-state index in [1.54, 1.807) is 6.92 Å². The molecule has 26 heavy (non-hydrogen) atoms. The van der Waals surface area contributed by atoms with Crippen molar-refractivity contribution < 1.29 is 53.1 Å². The predicted molar refractivity (Wildman–Crippen MR) is 83.1 cm³/mol. The van der Waals surface area contributed by atoms with Crippen molar-refractivity contribution in [2.45, 2.75) is 16.5 Å². The van der Waals surface area contributed by atoms with Gasteiger partial charge in [0.2, 0.25) is 0 Å². The van der Waals surface area contributed by atoms with Crippen LogP contribution in [-0.4, -0.2) is 29.6 Å². The fourth-order valence-corrected chi connectivity index (χ4v) is 10.6. The number of ether oxygens (including phenoxy) is 2. The van der Waals surface area contributed by atoms with Gasteiger partial charge in [-0.3, -0.25) is 0 Å². The van der Waals surface area contributed by atoms with Gasteiger partial charge in [0.15, 0.2) is 0 Å². The third kappa shape index (κ3) is 3.82. The van der Waals surface area contributed by atoms with Gasteiger partial charge in [-0.15, -0.1) is 0 Å². The van der Waals surface area contributed by atoms with Crippen LogP contribution in [0.3, 0.4) is 0 Å². The molecule has 0 N–H and O–H groups in total. The summed E-state index contributed by atoms with van der Waals surface area (Å²) in [4.78, 5) is 0. The summed E-state index contributed by atoms with van der Waals surface area (Å²) in [6.45, 7) is 1.59. The van der Waals surface area contributed by atoms with E-state index in [4.69, 9.17) is 9.47 Å². The topological polar surface area (TPSA) is 75.7 Å². The summed E-state index contributed by atoms with van der Waals surface area (Å²) in [5.74, 6) is 0.216. The minimum atomic E-state index is -6.31. The van der Waals surface area contributed by atoms with Crippen LogP contribution in [0.25, 0.3) is 0 Å². The second kappa shape index (κ2) is 7.71. The van der Waals surface area contributed by atoms with E-state index < -0.39 is 45.8 Å². The maximum atomic E-state index is 15.8. The first-order valence-electron chi connectivity index (χ1n) is 7.19. The van der Waals surface area contributed by atoms with Gasteiger partial charge in [-0.05, 0) is 0 Å². The molecule has 10 heteroatoms. The number of rotatable bonds is 7. The van der Waals surface area contributed by atoms with E-state index in [1.807, 2.05) is 0 Å². The molecule has 2 rings (SSSR count). The molecule has 146 valence electrons. The molecule has 0 heterocycles. The standard InChI is InChI=1S/C16H17F3IO5S/c1-12(24-2)25-15-10-8-14(9-11-15)20(19,13-6-4-3-5-7-13)16(17,18)26(21,22)23/h3-12H,1-2H3,(H,21,22,23)/q-1/p-1. The zero-order chi connectivity index (χ0) is 19.6. The molecule has 0 aliphatic heterocycles. The van der Waals surface area contributed by atoms with E-state index in [-0.39, 0.29) is 5.75 Å². The van der Waals surface area contributed by atoms with Crippen molar-refractivity contribution in [2.75, 3.05) is 7.11 Å². The van der Waals surface area contributed by atoms with Crippen LogP contribution in [-0.2, 0) is 14.9 Å². The first kappa shape index (κ1) is 20.9. The molecule has 0 aliphatic carbocycles. The Kier molecular flexibility index (Phi) is 6.20. The Morgan fingerprint density at radius 2 is 1.54 bits per heavy atom. The SMILES string of the molecule is COC(C)Oc1ccc([I-](F)(c2ccccc2)C(F)(F)S(=O)(=O)[O-])cc1. The number of halogens is 4. The summed E-state index contributed by atoms with van der Waals surface area (Å²) in [6.07, 6.45) is -0.630. The molecule has 5 nitrogen and oxygen atoms in total. The number of hydrogen-bond donors (Lipinski definition) is 0. The molecular weight excluding hydrogens is 488 g/mol. The molecule has 0 radical (unpaired) electrons. The van der Waals surface area contributed by atoms with E-state index >= 15 is 2.86 Å². The Bertz CT molecular complexity index is 846. The molecule has 2 unspecified atom stereocenters. The van der Waals surface area contributed by atoms with Gasteiger partial charge < -0.3 is 0 Å². The Morgan fingerprint density at radius 3 is 2.00 bits per heavy atom. The average molecular weight is 504 g/mol. The number of benzene rings is 2. The Hall–Kier alpha value is -1.37. The third-order valence-electron chi connectivity index (χ3n) is 3.37. The maximum absolute atomic E-state index is 15.8. The van der Waals surface area contributed by atoms with Gasteiger partial charge in [0.05, 0.1) is 0 Å². The molecule has 2 aromatic carbocycles. The van der Waals surface area contributed by atoms with Crippen molar-refractivity contribution in [3.63, 3.8) is 0 Å². The average Bonchev–Trinajstić information content (AvgIpc) is 2.61. The first-order chi connectivity index (χ1) is 12.0. The zero-order valence-corrected chi connectivity index (χ0v) is 16.7. The van der Waals surface area contributed by atoms with Gasteiger partial charge in [0, 0.05) is 0 Å². The van der Waals surface area contributed by atoms with Crippen molar-refractivity contribution >= 4 is 10.1 Å². The van der Waals surface area contributed by atoms with E-state index in [2.05, 4.69) is 0 Å². The zero-order valence-electron chi connectivity index (χ0n) is 13.7. The van der Waals surface area contributed by atoms with Crippen LogP contribution in [0.5, 0.6) is 5.75 Å². The molecule has 2 aromatic rings. The number of methoxy groups -OCH3 is 1. The quantitative estimate of drug-likeness (QED) is 0.234. The van der Waals surface area contributed by atoms with Crippen LogP contribution < -0.4 is 23.7 Å². The molecule has 0 saturated carbocycles. The normalized spacial score (nSPS) is 17.2. The summed E-state index contributed by atoms with van der Waals surface area (Å²) in [5, 5.41) is 0. The molecule has 0 aromatic heterocycles. The molecule has 0 aliphatic rings. The fraction of sp³-hybridized carbons (Fsp3) is 0.250. The van der Waals surface area contributed by atoms with Crippen molar-refractivity contribution in [1.82, 2.24) is 0 Å². The molecule has 0 saturated heterocycles. The van der Waals surface area contributed by atoms with Crippen LogP contribution in [0.2, 0.25) is 0 Å². The van der Waals surface area contributed by atoms with E-state index in [1.165, 1.54) is 37.4 Å². The number of alkyl halides is 3. The van der Waals surface area contributed by atoms with Gasteiger partial charge in [0.25, 0.3) is 0 Å². The van der Waals surface area contributed by atoms with E-state index in [0.29, 0.717) is 0 Å².